The van der Waals surface area contributed by atoms with Crippen LogP contribution >= 0.6 is 11.3 Å². The van der Waals surface area contributed by atoms with Crippen LogP contribution < -0.4 is 9.80 Å². The van der Waals surface area contributed by atoms with Gasteiger partial charge in [-0.3, -0.25) is 0 Å². The molecule has 42 heavy (non-hydrogen) atoms. The summed E-state index contributed by atoms with van der Waals surface area (Å²) >= 11 is 1.29. The zero-order valence-electron chi connectivity index (χ0n) is 23.4. The largest absolute Gasteiger partial charge is 0.389 e. The Bertz CT molecular complexity index is 1710. The number of piperazine rings is 1. The first kappa shape index (κ1) is 26.6. The van der Waals surface area contributed by atoms with Crippen molar-refractivity contribution < 1.29 is 14.3 Å². The van der Waals surface area contributed by atoms with Crippen molar-refractivity contribution in [3.63, 3.8) is 0 Å². The smallest absolute Gasteiger partial charge is 0.320 e. The summed E-state index contributed by atoms with van der Waals surface area (Å²) in [7, 11) is 1.93. The number of carbonyl (C=O) groups is 1. The number of hydrogen-bond donors (Lipinski definition) is 1. The van der Waals surface area contributed by atoms with Crippen molar-refractivity contribution in [1.82, 2.24) is 29.4 Å². The van der Waals surface area contributed by atoms with Gasteiger partial charge < -0.3 is 24.7 Å². The number of aliphatic hydroxyl groups is 1. The molecule has 0 radical (unpaired) electrons. The lowest BCUT2D eigenvalue weighted by Crippen LogP contribution is -2.60. The third-order valence-corrected chi connectivity index (χ3v) is 9.22. The molecule has 1 aromatic carbocycles. The normalized spacial score (nSPS) is 17.5. The number of nitrogens with zero attached hydrogens (tertiary/aromatic N) is 9. The Kier molecular flexibility index (Phi) is 6.47. The zero-order valence-corrected chi connectivity index (χ0v) is 24.2. The van der Waals surface area contributed by atoms with Crippen LogP contribution in [-0.2, 0) is 0 Å². The van der Waals surface area contributed by atoms with Gasteiger partial charge in [0.25, 0.3) is 0 Å². The van der Waals surface area contributed by atoms with Crippen LogP contribution in [0.4, 0.5) is 25.8 Å². The highest BCUT2D eigenvalue weighted by atomic mass is 32.1. The molecule has 4 aromatic rings. The molecular weight excluding hydrogens is 557 g/mol. The predicted molar refractivity (Wildman–Crippen MR) is 157 cm³/mol. The van der Waals surface area contributed by atoms with Crippen LogP contribution in [0.2, 0.25) is 0 Å². The first-order chi connectivity index (χ1) is 20.3. The maximum atomic E-state index is 13.6. The van der Waals surface area contributed by atoms with Crippen molar-refractivity contribution in [2.75, 3.05) is 56.1 Å². The van der Waals surface area contributed by atoms with E-state index in [1.807, 2.05) is 34.4 Å². The van der Waals surface area contributed by atoms with Gasteiger partial charge in [0.1, 0.15) is 34.0 Å². The molecule has 1 N–H and O–H groups in total. The van der Waals surface area contributed by atoms with Gasteiger partial charge in [-0.2, -0.15) is 10.4 Å². The Hall–Kier alpha value is -4.28. The molecule has 13 heteroatoms. The third-order valence-electron chi connectivity index (χ3n) is 8.18. The van der Waals surface area contributed by atoms with Crippen LogP contribution in [0.5, 0.6) is 0 Å². The number of anilines is 3. The van der Waals surface area contributed by atoms with Crippen LogP contribution in [0.25, 0.3) is 16.9 Å². The van der Waals surface area contributed by atoms with Gasteiger partial charge in [-0.05, 0) is 44.0 Å². The Morgan fingerprint density at radius 3 is 2.48 bits per heavy atom. The van der Waals surface area contributed by atoms with Gasteiger partial charge in [0.05, 0.1) is 24.9 Å². The molecular formula is C29H30FN9O2S. The SMILES string of the molecule is Cc1cc(N2CCN(C(=O)N3CC(O)C3)CC2)nc2c(N(C)c3nc(-c4ccc(F)cc4)c(C#N)s3)c(C3CC3)nn12. The number of aromatic nitrogens is 4. The van der Waals surface area contributed by atoms with E-state index in [1.54, 1.807) is 17.0 Å². The second-order valence-electron chi connectivity index (χ2n) is 11.2. The Balaban J connectivity index is 1.21. The fraction of sp³-hybridized carbons (Fsp3) is 0.414. The minimum atomic E-state index is -0.414. The van der Waals surface area contributed by atoms with E-state index in [4.69, 9.17) is 15.1 Å². The van der Waals surface area contributed by atoms with Gasteiger partial charge in [0.2, 0.25) is 0 Å². The van der Waals surface area contributed by atoms with E-state index in [0.29, 0.717) is 66.5 Å². The van der Waals surface area contributed by atoms with Crippen molar-refractivity contribution in [3.8, 4) is 17.3 Å². The first-order valence-electron chi connectivity index (χ1n) is 14.1. The number of benzene rings is 1. The molecule has 0 unspecified atom stereocenters. The van der Waals surface area contributed by atoms with Crippen molar-refractivity contribution in [2.24, 2.45) is 0 Å². The lowest BCUT2D eigenvalue weighted by atomic mass is 10.1. The number of carbonyl (C=O) groups excluding carboxylic acids is 1. The monoisotopic (exact) mass is 587 g/mol. The number of halogens is 1. The second kappa shape index (κ2) is 10.2. The molecule has 2 saturated heterocycles. The molecule has 0 bridgehead atoms. The average Bonchev–Trinajstić information content (AvgIpc) is 3.62. The van der Waals surface area contributed by atoms with Crippen LogP contribution in [-0.4, -0.2) is 92.9 Å². The molecule has 7 rings (SSSR count). The summed E-state index contributed by atoms with van der Waals surface area (Å²) in [6.45, 7) is 5.29. The summed E-state index contributed by atoms with van der Waals surface area (Å²) in [4.78, 5) is 30.8. The maximum Gasteiger partial charge on any atom is 0.320 e. The molecule has 3 aromatic heterocycles. The Labute approximate surface area is 246 Å². The number of fused-ring (bicyclic) bond motifs is 1. The fourth-order valence-electron chi connectivity index (χ4n) is 5.63. The Morgan fingerprint density at radius 1 is 1.12 bits per heavy atom. The van der Waals surface area contributed by atoms with E-state index < -0.39 is 6.10 Å². The predicted octanol–water partition coefficient (Wildman–Crippen LogP) is 3.74. The molecule has 1 saturated carbocycles. The molecule has 216 valence electrons. The van der Waals surface area contributed by atoms with Crippen molar-refractivity contribution >= 4 is 39.7 Å². The Morgan fingerprint density at radius 2 is 1.83 bits per heavy atom. The molecule has 1 aliphatic carbocycles. The van der Waals surface area contributed by atoms with E-state index in [-0.39, 0.29) is 11.8 Å². The fourth-order valence-corrected chi connectivity index (χ4v) is 6.49. The van der Waals surface area contributed by atoms with E-state index in [2.05, 4.69) is 11.0 Å². The highest BCUT2D eigenvalue weighted by Gasteiger charge is 2.36. The van der Waals surface area contributed by atoms with Crippen LogP contribution in [0, 0.1) is 24.1 Å². The molecule has 5 heterocycles. The van der Waals surface area contributed by atoms with Gasteiger partial charge in [-0.1, -0.05) is 11.3 Å². The molecule has 0 atom stereocenters. The molecule has 11 nitrogen and oxygen atoms in total. The molecule has 2 aliphatic heterocycles. The highest BCUT2D eigenvalue weighted by Crippen LogP contribution is 2.47. The van der Waals surface area contributed by atoms with E-state index in [0.717, 1.165) is 41.4 Å². The van der Waals surface area contributed by atoms with E-state index >= 15 is 0 Å². The lowest BCUT2D eigenvalue weighted by Gasteiger charge is -2.42. The lowest BCUT2D eigenvalue weighted by molar-refractivity contribution is 0.0145. The summed E-state index contributed by atoms with van der Waals surface area (Å²) < 4.78 is 15.4. The number of aryl methyl sites for hydroxylation is 1. The van der Waals surface area contributed by atoms with Crippen molar-refractivity contribution in [2.45, 2.75) is 31.8 Å². The third kappa shape index (κ3) is 4.60. The minimum absolute atomic E-state index is 0.0199. The summed E-state index contributed by atoms with van der Waals surface area (Å²) in [6, 6.07) is 10.3. The van der Waals surface area contributed by atoms with Crippen LogP contribution in [0.15, 0.2) is 30.3 Å². The van der Waals surface area contributed by atoms with Gasteiger partial charge in [0.15, 0.2) is 10.8 Å². The van der Waals surface area contributed by atoms with E-state index in [9.17, 15) is 19.6 Å². The average molecular weight is 588 g/mol. The summed E-state index contributed by atoms with van der Waals surface area (Å²) in [5, 5.41) is 25.1. The number of hydrogen-bond acceptors (Lipinski definition) is 9. The van der Waals surface area contributed by atoms with Crippen LogP contribution in [0.3, 0.4) is 0 Å². The number of urea groups is 1. The first-order valence-corrected chi connectivity index (χ1v) is 14.9. The number of likely N-dealkylation sites (tertiary alicyclic amines) is 1. The second-order valence-corrected chi connectivity index (χ2v) is 12.1. The number of rotatable bonds is 5. The van der Waals surface area contributed by atoms with Gasteiger partial charge >= 0.3 is 6.03 Å². The summed E-state index contributed by atoms with van der Waals surface area (Å²) in [5.74, 6) is 0.826. The van der Waals surface area contributed by atoms with Crippen molar-refractivity contribution in [3.05, 3.63) is 52.4 Å². The topological polar surface area (TPSA) is 117 Å². The van der Waals surface area contributed by atoms with Gasteiger partial charge in [0, 0.05) is 56.5 Å². The van der Waals surface area contributed by atoms with Crippen LogP contribution in [0.1, 0.15) is 35.0 Å². The number of thiazole rings is 1. The summed E-state index contributed by atoms with van der Waals surface area (Å²) in [6.07, 6.45) is 1.70. The number of nitriles is 1. The summed E-state index contributed by atoms with van der Waals surface area (Å²) in [5.41, 5.74) is 4.73. The zero-order chi connectivity index (χ0) is 29.1. The standard InChI is InChI=1S/C29H30FN9O2S/c1-17-13-23(36-9-11-37(12-10-36)29(41)38-15-21(40)16-38)32-27-26(25(19-3-4-19)34-39(17)27)35(2)28-33-24(22(14-31)42-28)18-5-7-20(30)8-6-18/h5-8,13,19,21,40H,3-4,9-12,15-16H2,1-2H3. The molecule has 0 spiro atoms. The van der Waals surface area contributed by atoms with Gasteiger partial charge in [-0.25, -0.2) is 23.7 Å². The number of aliphatic hydroxyl groups excluding tert-OH is 1. The highest BCUT2D eigenvalue weighted by molar-refractivity contribution is 7.16. The molecule has 3 fully saturated rings. The number of β-amino-alcohol motifs (C(OH)–C–C–N with tert-alkyl or cyclic N) is 1. The van der Waals surface area contributed by atoms with Gasteiger partial charge in [-0.15, -0.1) is 0 Å². The molecule has 2 amide bonds. The quantitative estimate of drug-likeness (QED) is 0.376. The number of amides is 2. The van der Waals surface area contributed by atoms with E-state index in [1.165, 1.54) is 23.5 Å². The maximum absolute atomic E-state index is 13.6. The minimum Gasteiger partial charge on any atom is -0.389 e. The van der Waals surface area contributed by atoms with Crippen molar-refractivity contribution in [1.29, 1.82) is 5.26 Å². The molecule has 3 aliphatic rings.